The minimum Gasteiger partial charge on any atom is -0.379 e. The third kappa shape index (κ3) is 1.36. The second-order valence-corrected chi connectivity index (χ2v) is 3.87. The Morgan fingerprint density at radius 1 is 1.55 bits per heavy atom. The second-order valence-electron chi connectivity index (χ2n) is 2.84. The Balaban J connectivity index is 2.81. The highest BCUT2D eigenvalue weighted by Crippen LogP contribution is 2.44. The summed E-state index contributed by atoms with van der Waals surface area (Å²) in [6, 6.07) is 0. The van der Waals surface area contributed by atoms with Crippen molar-refractivity contribution in [2.75, 3.05) is 11.5 Å². The second kappa shape index (κ2) is 2.55. The molecule has 1 rings (SSSR count). The number of alkyl halides is 3. The predicted octanol–water partition coefficient (Wildman–Crippen LogP) is 1.66. The van der Waals surface area contributed by atoms with Gasteiger partial charge in [-0.25, -0.2) is 0 Å². The average Bonchev–Trinajstić information content (AvgIpc) is 2.12. The summed E-state index contributed by atoms with van der Waals surface area (Å²) >= 11 is 1.15. The zero-order chi connectivity index (χ0) is 8.70. The molecule has 0 bridgehead atoms. The predicted molar refractivity (Wildman–Crippen MR) is 37.5 cm³/mol. The van der Waals surface area contributed by atoms with Crippen molar-refractivity contribution in [1.29, 1.82) is 0 Å². The highest BCUT2D eigenvalue weighted by Gasteiger charge is 2.59. The van der Waals surface area contributed by atoms with Gasteiger partial charge in [0.05, 0.1) is 0 Å². The molecular weight excluding hydrogens is 177 g/mol. The smallest absolute Gasteiger partial charge is 0.379 e. The zero-order valence-corrected chi connectivity index (χ0v) is 6.80. The summed E-state index contributed by atoms with van der Waals surface area (Å²) in [4.78, 5) is 0. The van der Waals surface area contributed by atoms with Crippen molar-refractivity contribution in [3.63, 3.8) is 0 Å². The van der Waals surface area contributed by atoms with Crippen LogP contribution in [0.5, 0.6) is 0 Å². The number of aliphatic hydroxyl groups is 1. The lowest BCUT2D eigenvalue weighted by Crippen LogP contribution is -2.49. The maximum absolute atomic E-state index is 12.1. The Morgan fingerprint density at radius 2 is 2.09 bits per heavy atom. The van der Waals surface area contributed by atoms with Crippen LogP contribution in [-0.4, -0.2) is 28.4 Å². The van der Waals surface area contributed by atoms with Crippen LogP contribution in [0.15, 0.2) is 0 Å². The minimum absolute atomic E-state index is 0.225. The topological polar surface area (TPSA) is 20.2 Å². The summed E-state index contributed by atoms with van der Waals surface area (Å²) in [7, 11) is 0. The van der Waals surface area contributed by atoms with E-state index in [1.54, 1.807) is 0 Å². The molecule has 0 aromatic heterocycles. The fourth-order valence-electron chi connectivity index (χ4n) is 1.03. The van der Waals surface area contributed by atoms with Crippen molar-refractivity contribution in [2.45, 2.75) is 18.7 Å². The van der Waals surface area contributed by atoms with E-state index in [-0.39, 0.29) is 5.75 Å². The van der Waals surface area contributed by atoms with Crippen molar-refractivity contribution >= 4 is 11.8 Å². The molecule has 0 radical (unpaired) electrons. The molecule has 5 heteroatoms. The summed E-state index contributed by atoms with van der Waals surface area (Å²) in [5, 5.41) is 9.15. The SMILES string of the molecule is CC1CSCC1(O)C(F)(F)F. The highest BCUT2D eigenvalue weighted by molar-refractivity contribution is 7.99. The van der Waals surface area contributed by atoms with Crippen molar-refractivity contribution in [1.82, 2.24) is 0 Å². The van der Waals surface area contributed by atoms with E-state index in [1.165, 1.54) is 6.92 Å². The van der Waals surface area contributed by atoms with Crippen LogP contribution in [0.2, 0.25) is 0 Å². The number of rotatable bonds is 0. The Morgan fingerprint density at radius 3 is 2.27 bits per heavy atom. The van der Waals surface area contributed by atoms with Gasteiger partial charge in [-0.3, -0.25) is 0 Å². The Labute approximate surface area is 67.0 Å². The Kier molecular flexibility index (Phi) is 2.13. The molecule has 11 heavy (non-hydrogen) atoms. The van der Waals surface area contributed by atoms with E-state index >= 15 is 0 Å². The van der Waals surface area contributed by atoms with Gasteiger partial charge in [0.25, 0.3) is 0 Å². The van der Waals surface area contributed by atoms with E-state index in [0.29, 0.717) is 5.75 Å². The molecule has 1 aliphatic rings. The van der Waals surface area contributed by atoms with Crippen molar-refractivity contribution < 1.29 is 18.3 Å². The Bertz CT molecular complexity index is 158. The van der Waals surface area contributed by atoms with Gasteiger partial charge in [-0.1, -0.05) is 6.92 Å². The van der Waals surface area contributed by atoms with Gasteiger partial charge in [0.15, 0.2) is 5.60 Å². The van der Waals surface area contributed by atoms with Crippen LogP contribution < -0.4 is 0 Å². The van der Waals surface area contributed by atoms with Crippen molar-refractivity contribution in [3.8, 4) is 0 Å². The normalized spacial score (nSPS) is 39.5. The number of thioether (sulfide) groups is 1. The zero-order valence-electron chi connectivity index (χ0n) is 5.98. The highest BCUT2D eigenvalue weighted by atomic mass is 32.2. The summed E-state index contributed by atoms with van der Waals surface area (Å²) in [5.41, 5.74) is -2.45. The maximum atomic E-state index is 12.1. The van der Waals surface area contributed by atoms with Gasteiger partial charge in [-0.2, -0.15) is 24.9 Å². The molecule has 1 N–H and O–H groups in total. The van der Waals surface area contributed by atoms with E-state index < -0.39 is 17.7 Å². The van der Waals surface area contributed by atoms with Crippen LogP contribution in [-0.2, 0) is 0 Å². The van der Waals surface area contributed by atoms with E-state index in [2.05, 4.69) is 0 Å². The lowest BCUT2D eigenvalue weighted by Gasteiger charge is -2.28. The molecule has 66 valence electrons. The molecule has 0 saturated carbocycles. The van der Waals surface area contributed by atoms with E-state index in [9.17, 15) is 13.2 Å². The van der Waals surface area contributed by atoms with Crippen molar-refractivity contribution in [2.24, 2.45) is 5.92 Å². The number of hydrogen-bond acceptors (Lipinski definition) is 2. The summed E-state index contributed by atoms with van der Waals surface area (Å²) in [6.07, 6.45) is -4.48. The monoisotopic (exact) mass is 186 g/mol. The average molecular weight is 186 g/mol. The third-order valence-corrected chi connectivity index (χ3v) is 3.38. The van der Waals surface area contributed by atoms with Crippen LogP contribution in [0.1, 0.15) is 6.92 Å². The van der Waals surface area contributed by atoms with Crippen LogP contribution in [0.25, 0.3) is 0 Å². The van der Waals surface area contributed by atoms with Crippen LogP contribution in [0.4, 0.5) is 13.2 Å². The van der Waals surface area contributed by atoms with Crippen LogP contribution >= 0.6 is 11.8 Å². The molecule has 0 amide bonds. The molecule has 1 aliphatic heterocycles. The number of hydrogen-bond donors (Lipinski definition) is 1. The van der Waals surface area contributed by atoms with Crippen LogP contribution in [0.3, 0.4) is 0 Å². The van der Waals surface area contributed by atoms with Gasteiger partial charge in [0, 0.05) is 11.7 Å². The quantitative estimate of drug-likeness (QED) is 0.621. The van der Waals surface area contributed by atoms with Crippen LogP contribution in [0, 0.1) is 5.92 Å². The molecule has 1 saturated heterocycles. The minimum atomic E-state index is -4.48. The molecular formula is C6H9F3OS. The summed E-state index contributed by atoms with van der Waals surface area (Å²) in [5.74, 6) is -0.527. The van der Waals surface area contributed by atoms with Gasteiger partial charge < -0.3 is 5.11 Å². The van der Waals surface area contributed by atoms with Gasteiger partial charge in [0.2, 0.25) is 0 Å². The summed E-state index contributed by atoms with van der Waals surface area (Å²) in [6.45, 7) is 1.42. The standard InChI is InChI=1S/C6H9F3OS/c1-4-2-11-3-5(4,10)6(7,8)9/h4,10H,2-3H2,1H3. The first kappa shape index (κ1) is 9.19. The lowest BCUT2D eigenvalue weighted by molar-refractivity contribution is -0.262. The molecule has 1 heterocycles. The fraction of sp³-hybridized carbons (Fsp3) is 1.00. The van der Waals surface area contributed by atoms with E-state index in [1.807, 2.05) is 0 Å². The fourth-order valence-corrected chi connectivity index (χ4v) is 2.54. The van der Waals surface area contributed by atoms with E-state index in [0.717, 1.165) is 11.8 Å². The first-order valence-corrected chi connectivity index (χ1v) is 4.40. The molecule has 1 fully saturated rings. The molecule has 2 atom stereocenters. The molecule has 0 aliphatic carbocycles. The largest absolute Gasteiger partial charge is 0.418 e. The van der Waals surface area contributed by atoms with Gasteiger partial charge >= 0.3 is 6.18 Å². The molecule has 0 spiro atoms. The Hall–Kier alpha value is 0.100. The van der Waals surface area contributed by atoms with Gasteiger partial charge in [-0.15, -0.1) is 0 Å². The first-order chi connectivity index (χ1) is 4.88. The molecule has 0 aromatic carbocycles. The first-order valence-electron chi connectivity index (χ1n) is 3.25. The summed E-state index contributed by atoms with van der Waals surface area (Å²) < 4.78 is 36.4. The maximum Gasteiger partial charge on any atom is 0.418 e. The van der Waals surface area contributed by atoms with E-state index in [4.69, 9.17) is 5.11 Å². The molecule has 2 unspecified atom stereocenters. The molecule has 1 nitrogen and oxygen atoms in total. The van der Waals surface area contributed by atoms with Crippen molar-refractivity contribution in [3.05, 3.63) is 0 Å². The van der Waals surface area contributed by atoms with Gasteiger partial charge in [0.1, 0.15) is 0 Å². The lowest BCUT2D eigenvalue weighted by atomic mass is 9.92. The van der Waals surface area contributed by atoms with Gasteiger partial charge in [-0.05, 0) is 5.75 Å². The number of halogens is 3. The third-order valence-electron chi connectivity index (χ3n) is 2.00. The molecule has 0 aromatic rings.